The number of hydrogen-bond donors (Lipinski definition) is 0. The summed E-state index contributed by atoms with van der Waals surface area (Å²) in [4.78, 5) is 25.3. The standard InChI is InChI=1S/C18H25NO5/c1-5-11-19(12-10-18(21)24-4)17(20)9-6-14-13-15(22-2)7-8-16(14)23-3/h6-9,13H,5,10-12H2,1-4H3/b9-6+. The monoisotopic (exact) mass is 335 g/mol. The average molecular weight is 335 g/mol. The van der Waals surface area contributed by atoms with Crippen LogP contribution in [0.1, 0.15) is 25.3 Å². The minimum absolute atomic E-state index is 0.161. The topological polar surface area (TPSA) is 65.1 Å². The van der Waals surface area contributed by atoms with E-state index in [2.05, 4.69) is 4.74 Å². The maximum absolute atomic E-state index is 12.4. The van der Waals surface area contributed by atoms with Gasteiger partial charge in [0, 0.05) is 24.7 Å². The first-order valence-electron chi connectivity index (χ1n) is 7.81. The van der Waals surface area contributed by atoms with Gasteiger partial charge in [0.25, 0.3) is 0 Å². The van der Waals surface area contributed by atoms with E-state index in [1.807, 2.05) is 6.92 Å². The normalized spacial score (nSPS) is 10.5. The smallest absolute Gasteiger partial charge is 0.307 e. The van der Waals surface area contributed by atoms with E-state index in [0.717, 1.165) is 12.0 Å². The molecule has 0 unspecified atom stereocenters. The first kappa shape index (κ1) is 19.5. The fourth-order valence-corrected chi connectivity index (χ4v) is 2.17. The largest absolute Gasteiger partial charge is 0.497 e. The molecule has 0 saturated heterocycles. The molecule has 1 aromatic rings. The van der Waals surface area contributed by atoms with Crippen LogP contribution in [0.2, 0.25) is 0 Å². The molecule has 1 amide bonds. The van der Waals surface area contributed by atoms with Gasteiger partial charge in [-0.2, -0.15) is 0 Å². The minimum Gasteiger partial charge on any atom is -0.497 e. The lowest BCUT2D eigenvalue weighted by Gasteiger charge is -2.19. The molecule has 0 saturated carbocycles. The summed E-state index contributed by atoms with van der Waals surface area (Å²) in [6, 6.07) is 5.36. The maximum Gasteiger partial charge on any atom is 0.307 e. The first-order chi connectivity index (χ1) is 11.5. The van der Waals surface area contributed by atoms with E-state index in [4.69, 9.17) is 9.47 Å². The molecular formula is C18H25NO5. The van der Waals surface area contributed by atoms with Crippen molar-refractivity contribution in [2.24, 2.45) is 0 Å². The summed E-state index contributed by atoms with van der Waals surface area (Å²) in [5.74, 6) is 0.837. The average Bonchev–Trinajstić information content (AvgIpc) is 2.62. The number of methoxy groups -OCH3 is 3. The van der Waals surface area contributed by atoms with Gasteiger partial charge in [0.15, 0.2) is 0 Å². The fraction of sp³-hybridized carbons (Fsp3) is 0.444. The number of esters is 1. The molecule has 0 aliphatic rings. The first-order valence-corrected chi connectivity index (χ1v) is 7.81. The quantitative estimate of drug-likeness (QED) is 0.512. The molecule has 0 aliphatic carbocycles. The molecule has 0 N–H and O–H groups in total. The summed E-state index contributed by atoms with van der Waals surface area (Å²) in [5, 5.41) is 0. The van der Waals surface area contributed by atoms with Crippen LogP contribution in [0, 0.1) is 0 Å². The zero-order valence-electron chi connectivity index (χ0n) is 14.7. The lowest BCUT2D eigenvalue weighted by molar-refractivity contribution is -0.141. The third-order valence-electron chi connectivity index (χ3n) is 3.46. The molecule has 0 spiro atoms. The summed E-state index contributed by atoms with van der Waals surface area (Å²) < 4.78 is 15.1. The zero-order chi connectivity index (χ0) is 17.9. The van der Waals surface area contributed by atoms with Crippen molar-refractivity contribution in [1.82, 2.24) is 4.90 Å². The molecule has 0 aliphatic heterocycles. The van der Waals surface area contributed by atoms with Crippen molar-refractivity contribution < 1.29 is 23.8 Å². The van der Waals surface area contributed by atoms with Crippen molar-refractivity contribution in [2.45, 2.75) is 19.8 Å². The van der Waals surface area contributed by atoms with E-state index in [-0.39, 0.29) is 18.3 Å². The number of benzene rings is 1. The molecule has 0 heterocycles. The van der Waals surface area contributed by atoms with Gasteiger partial charge in [-0.3, -0.25) is 9.59 Å². The second kappa shape index (κ2) is 10.3. The van der Waals surface area contributed by atoms with Gasteiger partial charge < -0.3 is 19.1 Å². The summed E-state index contributed by atoms with van der Waals surface area (Å²) in [5.41, 5.74) is 0.745. The molecule has 0 aromatic heterocycles. The fourth-order valence-electron chi connectivity index (χ4n) is 2.17. The van der Waals surface area contributed by atoms with Crippen molar-refractivity contribution >= 4 is 18.0 Å². The van der Waals surface area contributed by atoms with Crippen LogP contribution >= 0.6 is 0 Å². The Kier molecular flexibility index (Phi) is 8.39. The van der Waals surface area contributed by atoms with Crippen LogP contribution in [0.25, 0.3) is 6.08 Å². The van der Waals surface area contributed by atoms with Crippen molar-refractivity contribution in [3.8, 4) is 11.5 Å². The van der Waals surface area contributed by atoms with E-state index < -0.39 is 0 Å². The summed E-state index contributed by atoms with van der Waals surface area (Å²) in [6.45, 7) is 2.89. The molecule has 1 rings (SSSR count). The lowest BCUT2D eigenvalue weighted by atomic mass is 10.1. The summed E-state index contributed by atoms with van der Waals surface area (Å²) in [7, 11) is 4.49. The summed E-state index contributed by atoms with van der Waals surface area (Å²) >= 11 is 0. The van der Waals surface area contributed by atoms with Crippen LogP contribution in [-0.4, -0.2) is 51.2 Å². The van der Waals surface area contributed by atoms with E-state index in [9.17, 15) is 9.59 Å². The van der Waals surface area contributed by atoms with Crippen LogP contribution in [-0.2, 0) is 14.3 Å². The molecule has 0 bridgehead atoms. The lowest BCUT2D eigenvalue weighted by Crippen LogP contribution is -2.32. The third-order valence-corrected chi connectivity index (χ3v) is 3.46. The zero-order valence-corrected chi connectivity index (χ0v) is 14.7. The second-order valence-corrected chi connectivity index (χ2v) is 5.09. The highest BCUT2D eigenvalue weighted by atomic mass is 16.5. The molecule has 0 fully saturated rings. The van der Waals surface area contributed by atoms with Crippen molar-refractivity contribution in [3.05, 3.63) is 29.8 Å². The number of ether oxygens (including phenoxy) is 3. The number of rotatable bonds is 9. The van der Waals surface area contributed by atoms with Gasteiger partial charge in [0.05, 0.1) is 27.8 Å². The van der Waals surface area contributed by atoms with Crippen LogP contribution in [0.4, 0.5) is 0 Å². The van der Waals surface area contributed by atoms with Gasteiger partial charge in [-0.05, 0) is 30.7 Å². The highest BCUT2D eigenvalue weighted by Crippen LogP contribution is 2.25. The predicted molar refractivity (Wildman–Crippen MR) is 92.1 cm³/mol. The molecule has 6 nitrogen and oxygen atoms in total. The number of hydrogen-bond acceptors (Lipinski definition) is 5. The SMILES string of the molecule is CCCN(CCC(=O)OC)C(=O)/C=C/c1cc(OC)ccc1OC. The predicted octanol–water partition coefficient (Wildman–Crippen LogP) is 2.52. The van der Waals surface area contributed by atoms with E-state index in [0.29, 0.717) is 24.6 Å². The number of nitrogens with zero attached hydrogens (tertiary/aromatic N) is 1. The molecule has 0 radical (unpaired) electrons. The van der Waals surface area contributed by atoms with Crippen molar-refractivity contribution in [1.29, 1.82) is 0 Å². The third kappa shape index (κ3) is 5.95. The maximum atomic E-state index is 12.4. The van der Waals surface area contributed by atoms with Crippen LogP contribution in [0.3, 0.4) is 0 Å². The van der Waals surface area contributed by atoms with Crippen LogP contribution in [0.5, 0.6) is 11.5 Å². The Bertz CT molecular complexity index is 583. The highest BCUT2D eigenvalue weighted by Gasteiger charge is 2.12. The van der Waals surface area contributed by atoms with Crippen LogP contribution in [0.15, 0.2) is 24.3 Å². The number of amides is 1. The van der Waals surface area contributed by atoms with Crippen molar-refractivity contribution in [2.75, 3.05) is 34.4 Å². The Labute approximate surface area is 143 Å². The molecule has 24 heavy (non-hydrogen) atoms. The Hall–Kier alpha value is -2.50. The van der Waals surface area contributed by atoms with Gasteiger partial charge in [-0.15, -0.1) is 0 Å². The van der Waals surface area contributed by atoms with Crippen LogP contribution < -0.4 is 9.47 Å². The Morgan fingerprint density at radius 1 is 1.12 bits per heavy atom. The van der Waals surface area contributed by atoms with Gasteiger partial charge >= 0.3 is 5.97 Å². The molecule has 0 atom stereocenters. The number of carbonyl (C=O) groups is 2. The van der Waals surface area contributed by atoms with Gasteiger partial charge in [0.2, 0.25) is 5.91 Å². The Balaban J connectivity index is 2.85. The van der Waals surface area contributed by atoms with Gasteiger partial charge in [-0.25, -0.2) is 0 Å². The molecule has 1 aromatic carbocycles. The van der Waals surface area contributed by atoms with Crippen molar-refractivity contribution in [3.63, 3.8) is 0 Å². The molecule has 132 valence electrons. The summed E-state index contributed by atoms with van der Waals surface area (Å²) in [6.07, 6.45) is 4.15. The second-order valence-electron chi connectivity index (χ2n) is 5.09. The van der Waals surface area contributed by atoms with E-state index in [1.54, 1.807) is 43.4 Å². The van der Waals surface area contributed by atoms with Gasteiger partial charge in [0.1, 0.15) is 11.5 Å². The Morgan fingerprint density at radius 3 is 2.46 bits per heavy atom. The van der Waals surface area contributed by atoms with E-state index in [1.165, 1.54) is 13.2 Å². The van der Waals surface area contributed by atoms with Gasteiger partial charge in [-0.1, -0.05) is 6.92 Å². The highest BCUT2D eigenvalue weighted by molar-refractivity contribution is 5.92. The molecule has 6 heteroatoms. The number of carbonyl (C=O) groups excluding carboxylic acids is 2. The Morgan fingerprint density at radius 2 is 1.88 bits per heavy atom. The molecular weight excluding hydrogens is 310 g/mol. The minimum atomic E-state index is -0.331. The van der Waals surface area contributed by atoms with E-state index >= 15 is 0 Å².